The van der Waals surface area contributed by atoms with Gasteiger partial charge in [-0.3, -0.25) is 4.79 Å². The van der Waals surface area contributed by atoms with Gasteiger partial charge in [0, 0.05) is 47.7 Å². The van der Waals surface area contributed by atoms with Gasteiger partial charge >= 0.3 is 0 Å². The Balaban J connectivity index is 1.31. The summed E-state index contributed by atoms with van der Waals surface area (Å²) in [5.74, 6) is 1.49. The van der Waals surface area contributed by atoms with Crippen LogP contribution in [0.1, 0.15) is 77.1 Å². The molecule has 1 aliphatic carbocycles. The van der Waals surface area contributed by atoms with Gasteiger partial charge in [0.05, 0.1) is 29.3 Å². The molecule has 182 valence electrons. The van der Waals surface area contributed by atoms with Gasteiger partial charge in [0.25, 0.3) is 5.91 Å². The highest BCUT2D eigenvalue weighted by Gasteiger charge is 2.34. The molecule has 1 amide bonds. The lowest BCUT2D eigenvalue weighted by Gasteiger charge is -2.35. The monoisotopic (exact) mass is 488 g/mol. The molecule has 0 unspecified atom stereocenters. The number of nitriles is 1. The number of fused-ring (bicyclic) bond motifs is 2. The Morgan fingerprint density at radius 1 is 1.20 bits per heavy atom. The summed E-state index contributed by atoms with van der Waals surface area (Å²) < 4.78 is 1.86. The van der Waals surface area contributed by atoms with Gasteiger partial charge in [-0.15, -0.1) is 11.3 Å². The maximum atomic E-state index is 13.8. The van der Waals surface area contributed by atoms with E-state index in [2.05, 4.69) is 41.2 Å². The van der Waals surface area contributed by atoms with Crippen molar-refractivity contribution in [2.24, 2.45) is 11.8 Å². The number of hydrogen-bond donors (Lipinski definition) is 0. The molecular formula is C27H32N6OS. The van der Waals surface area contributed by atoms with E-state index in [0.29, 0.717) is 5.92 Å². The second kappa shape index (κ2) is 8.94. The number of carbonyl (C=O) groups excluding carboxylic acids is 1. The van der Waals surface area contributed by atoms with Crippen LogP contribution in [-0.4, -0.2) is 45.0 Å². The molecule has 7 nitrogen and oxygen atoms in total. The molecule has 5 heterocycles. The second-order valence-corrected chi connectivity index (χ2v) is 11.5. The van der Waals surface area contributed by atoms with E-state index in [1.54, 1.807) is 11.3 Å². The first-order valence-electron chi connectivity index (χ1n) is 12.9. The number of hydrogen-bond acceptors (Lipinski definition) is 6. The Kier molecular flexibility index (Phi) is 5.76. The SMILES string of the molecule is Cc1cn2nc([C@@H]3CCCCN3C(=O)c3csc4c3CCCC4)cc2nc1N1C[C@@H](C#N)[C@@H](C)C1. The van der Waals surface area contributed by atoms with Crippen LogP contribution in [0.4, 0.5) is 5.82 Å². The van der Waals surface area contributed by atoms with E-state index < -0.39 is 0 Å². The van der Waals surface area contributed by atoms with Gasteiger partial charge < -0.3 is 9.80 Å². The lowest BCUT2D eigenvalue weighted by atomic mass is 9.93. The first kappa shape index (κ1) is 22.5. The molecule has 35 heavy (non-hydrogen) atoms. The summed E-state index contributed by atoms with van der Waals surface area (Å²) in [5.41, 5.74) is 5.00. The molecule has 8 heteroatoms. The predicted molar refractivity (Wildman–Crippen MR) is 137 cm³/mol. The molecular weight excluding hydrogens is 456 g/mol. The molecule has 2 fully saturated rings. The van der Waals surface area contributed by atoms with E-state index in [-0.39, 0.29) is 17.9 Å². The van der Waals surface area contributed by atoms with Crippen molar-refractivity contribution < 1.29 is 4.79 Å². The number of rotatable bonds is 3. The van der Waals surface area contributed by atoms with Gasteiger partial charge in [-0.05, 0) is 63.4 Å². The number of likely N-dealkylation sites (tertiary alicyclic amines) is 1. The van der Waals surface area contributed by atoms with Gasteiger partial charge in [-0.2, -0.15) is 10.4 Å². The van der Waals surface area contributed by atoms with Crippen molar-refractivity contribution in [3.63, 3.8) is 0 Å². The zero-order chi connectivity index (χ0) is 24.1. The molecule has 0 spiro atoms. The van der Waals surface area contributed by atoms with Crippen LogP contribution in [-0.2, 0) is 12.8 Å². The number of thiophene rings is 1. The summed E-state index contributed by atoms with van der Waals surface area (Å²) in [5, 5.41) is 16.4. The minimum atomic E-state index is -0.0179. The molecule has 3 aliphatic rings. The maximum Gasteiger partial charge on any atom is 0.255 e. The number of aromatic nitrogens is 3. The van der Waals surface area contributed by atoms with Crippen molar-refractivity contribution in [2.45, 2.75) is 64.8 Å². The van der Waals surface area contributed by atoms with Crippen LogP contribution in [0.15, 0.2) is 17.6 Å². The quantitative estimate of drug-likeness (QED) is 0.522. The average Bonchev–Trinajstić information content (AvgIpc) is 3.59. The molecule has 0 N–H and O–H groups in total. The molecule has 2 aliphatic heterocycles. The molecule has 3 atom stereocenters. The average molecular weight is 489 g/mol. The summed E-state index contributed by atoms with van der Waals surface area (Å²) in [4.78, 5) is 24.4. The first-order valence-corrected chi connectivity index (χ1v) is 13.8. The molecule has 0 saturated carbocycles. The van der Waals surface area contributed by atoms with Crippen molar-refractivity contribution in [1.82, 2.24) is 19.5 Å². The largest absolute Gasteiger partial charge is 0.355 e. The number of carbonyl (C=O) groups is 1. The van der Waals surface area contributed by atoms with E-state index in [4.69, 9.17) is 10.1 Å². The summed E-state index contributed by atoms with van der Waals surface area (Å²) >= 11 is 1.76. The minimum Gasteiger partial charge on any atom is -0.355 e. The van der Waals surface area contributed by atoms with E-state index in [0.717, 1.165) is 80.0 Å². The van der Waals surface area contributed by atoms with Crippen molar-refractivity contribution in [2.75, 3.05) is 24.5 Å². The molecule has 0 aromatic carbocycles. The molecule has 0 radical (unpaired) electrons. The molecule has 2 saturated heterocycles. The third-order valence-corrected chi connectivity index (χ3v) is 9.19. The van der Waals surface area contributed by atoms with Crippen LogP contribution in [0.3, 0.4) is 0 Å². The highest BCUT2D eigenvalue weighted by molar-refractivity contribution is 7.10. The minimum absolute atomic E-state index is 0.0179. The zero-order valence-corrected chi connectivity index (χ0v) is 21.4. The van der Waals surface area contributed by atoms with Crippen LogP contribution in [0.2, 0.25) is 0 Å². The van der Waals surface area contributed by atoms with Crippen LogP contribution in [0.25, 0.3) is 5.65 Å². The Labute approximate surface area is 210 Å². The molecule has 6 rings (SSSR count). The van der Waals surface area contributed by atoms with Crippen molar-refractivity contribution in [3.05, 3.63) is 44.9 Å². The third kappa shape index (κ3) is 3.90. The van der Waals surface area contributed by atoms with Crippen LogP contribution < -0.4 is 4.90 Å². The number of piperidine rings is 1. The van der Waals surface area contributed by atoms with E-state index in [9.17, 15) is 10.1 Å². The summed E-state index contributed by atoms with van der Waals surface area (Å²) in [7, 11) is 0. The van der Waals surface area contributed by atoms with Gasteiger partial charge in [0.2, 0.25) is 0 Å². The van der Waals surface area contributed by atoms with E-state index in [1.165, 1.54) is 23.3 Å². The topological polar surface area (TPSA) is 77.5 Å². The Morgan fingerprint density at radius 2 is 2.06 bits per heavy atom. The summed E-state index contributed by atoms with van der Waals surface area (Å²) in [6, 6.07) is 4.48. The predicted octanol–water partition coefficient (Wildman–Crippen LogP) is 4.94. The number of nitrogens with zero attached hydrogens (tertiary/aromatic N) is 6. The van der Waals surface area contributed by atoms with Crippen LogP contribution in [0, 0.1) is 30.1 Å². The summed E-state index contributed by atoms with van der Waals surface area (Å²) in [6.45, 7) is 6.54. The lowest BCUT2D eigenvalue weighted by molar-refractivity contribution is 0.0605. The van der Waals surface area contributed by atoms with Gasteiger partial charge in [-0.1, -0.05) is 6.92 Å². The van der Waals surface area contributed by atoms with Crippen LogP contribution in [0.5, 0.6) is 0 Å². The van der Waals surface area contributed by atoms with Crippen molar-refractivity contribution in [3.8, 4) is 6.07 Å². The first-order chi connectivity index (χ1) is 17.0. The number of amides is 1. The normalized spacial score (nSPS) is 24.5. The smallest absolute Gasteiger partial charge is 0.255 e. The highest BCUT2D eigenvalue weighted by atomic mass is 32.1. The Morgan fingerprint density at radius 3 is 2.89 bits per heavy atom. The van der Waals surface area contributed by atoms with Gasteiger partial charge in [0.15, 0.2) is 5.65 Å². The third-order valence-electron chi connectivity index (χ3n) is 8.10. The number of anilines is 1. The standard InChI is InChI=1S/C27H32N6OS/c1-17-13-31(15-19(17)12-28)26-18(2)14-33-25(29-26)11-22(30-33)23-8-5-6-10-32(23)27(34)21-16-35-24-9-4-3-7-20(21)24/h11,14,16-17,19,23H,3-10,13,15H2,1-2H3/t17-,19+,23-/m0/s1. The Hall–Kier alpha value is -2.92. The van der Waals surface area contributed by atoms with E-state index in [1.807, 2.05) is 10.7 Å². The maximum absolute atomic E-state index is 13.8. The van der Waals surface area contributed by atoms with Crippen molar-refractivity contribution >= 4 is 28.7 Å². The van der Waals surface area contributed by atoms with Crippen molar-refractivity contribution in [1.29, 1.82) is 5.26 Å². The summed E-state index contributed by atoms with van der Waals surface area (Å²) in [6.07, 6.45) is 9.66. The fourth-order valence-electron chi connectivity index (χ4n) is 6.12. The second-order valence-electron chi connectivity index (χ2n) is 10.5. The molecule has 3 aromatic rings. The molecule has 3 aromatic heterocycles. The highest BCUT2D eigenvalue weighted by Crippen LogP contribution is 2.36. The fourth-order valence-corrected chi connectivity index (χ4v) is 7.24. The van der Waals surface area contributed by atoms with E-state index >= 15 is 0 Å². The Bertz CT molecular complexity index is 1320. The zero-order valence-electron chi connectivity index (χ0n) is 20.5. The molecule has 0 bridgehead atoms. The number of aryl methyl sites for hydroxylation is 2. The lowest BCUT2D eigenvalue weighted by Crippen LogP contribution is -2.39. The van der Waals surface area contributed by atoms with Gasteiger partial charge in [0.1, 0.15) is 5.82 Å². The van der Waals surface area contributed by atoms with Gasteiger partial charge in [-0.25, -0.2) is 9.50 Å². The fraction of sp³-hybridized carbons (Fsp3) is 0.556. The van der Waals surface area contributed by atoms with Crippen LogP contribution >= 0.6 is 11.3 Å².